The summed E-state index contributed by atoms with van der Waals surface area (Å²) < 4.78 is 39.3. The molecule has 41 heavy (non-hydrogen) atoms. The first-order valence-electron chi connectivity index (χ1n) is 12.3. The molecule has 15 heteroatoms. The standard InChI is InChI=1S/C24H24N6O4.C2HF3O2/c1-25-11-15-4-2-3-5-21(15)34-14-17-13-30(28-27-17)18-7-6-16-12-29(24(33)19(16)10-18)20-8-9-22(31)26-23(20)32;3-2(4,5)1(6)7/h2-7,10,13,20,25H,8-9,11-12,14H2,1H3,(H,26,31,32);(H,6,7). The van der Waals surface area contributed by atoms with Crippen molar-refractivity contribution >= 4 is 23.7 Å². The number of fused-ring (bicyclic) bond motifs is 1. The average molecular weight is 575 g/mol. The lowest BCUT2D eigenvalue weighted by atomic mass is 10.0. The molecule has 2 aliphatic heterocycles. The van der Waals surface area contributed by atoms with Crippen molar-refractivity contribution in [1.29, 1.82) is 0 Å². The first-order valence-corrected chi connectivity index (χ1v) is 12.3. The van der Waals surface area contributed by atoms with Crippen molar-refractivity contribution in [3.05, 3.63) is 71.0 Å². The van der Waals surface area contributed by atoms with Crippen molar-refractivity contribution in [3.8, 4) is 11.4 Å². The van der Waals surface area contributed by atoms with Crippen LogP contribution >= 0.6 is 0 Å². The van der Waals surface area contributed by atoms with Crippen molar-refractivity contribution in [3.63, 3.8) is 0 Å². The van der Waals surface area contributed by atoms with Crippen LogP contribution in [0.1, 0.15) is 40.0 Å². The predicted molar refractivity (Wildman–Crippen MR) is 135 cm³/mol. The Morgan fingerprint density at radius 2 is 1.93 bits per heavy atom. The first kappa shape index (κ1) is 29.2. The second-order valence-corrected chi connectivity index (χ2v) is 9.13. The number of halogens is 3. The van der Waals surface area contributed by atoms with Crippen LogP contribution in [0.4, 0.5) is 13.2 Å². The molecule has 1 aromatic heterocycles. The van der Waals surface area contributed by atoms with E-state index in [1.165, 1.54) is 4.90 Å². The number of rotatable bonds is 7. The summed E-state index contributed by atoms with van der Waals surface area (Å²) in [6.45, 7) is 1.29. The largest absolute Gasteiger partial charge is 0.490 e. The number of ether oxygens (including phenoxy) is 1. The molecule has 0 bridgehead atoms. The van der Waals surface area contributed by atoms with Gasteiger partial charge in [-0.05, 0) is 37.2 Å². The van der Waals surface area contributed by atoms with Crippen molar-refractivity contribution in [2.45, 2.75) is 44.8 Å². The molecule has 5 rings (SSSR count). The van der Waals surface area contributed by atoms with Crippen LogP contribution in [0.25, 0.3) is 5.69 Å². The Bertz CT molecular complexity index is 1470. The average Bonchev–Trinajstić information content (AvgIpc) is 3.53. The van der Waals surface area contributed by atoms with E-state index in [1.54, 1.807) is 16.9 Å². The SMILES string of the molecule is CNCc1ccccc1OCc1cn(-c2ccc3c(c2)C(=O)N(C2CCC(=O)NC2=O)C3)nn1.O=C(O)C(F)(F)F. The molecule has 1 fully saturated rings. The lowest BCUT2D eigenvalue weighted by Gasteiger charge is -2.29. The van der Waals surface area contributed by atoms with E-state index in [9.17, 15) is 27.6 Å². The number of carboxylic acids is 1. The van der Waals surface area contributed by atoms with E-state index < -0.39 is 24.1 Å². The minimum atomic E-state index is -5.08. The molecule has 1 saturated heterocycles. The quantitative estimate of drug-likeness (QED) is 0.359. The number of benzene rings is 2. The van der Waals surface area contributed by atoms with Crippen LogP contribution in [0, 0.1) is 0 Å². The van der Waals surface area contributed by atoms with Crippen LogP contribution < -0.4 is 15.4 Å². The van der Waals surface area contributed by atoms with Gasteiger partial charge in [-0.1, -0.05) is 29.5 Å². The van der Waals surface area contributed by atoms with Gasteiger partial charge in [-0.3, -0.25) is 19.7 Å². The van der Waals surface area contributed by atoms with Gasteiger partial charge in [0.25, 0.3) is 5.91 Å². The van der Waals surface area contributed by atoms with Gasteiger partial charge in [-0.2, -0.15) is 13.2 Å². The third-order valence-corrected chi connectivity index (χ3v) is 6.28. The van der Waals surface area contributed by atoms with Crippen molar-refractivity contribution in [2.75, 3.05) is 7.05 Å². The number of carboxylic acid groups (broad SMARTS) is 1. The second-order valence-electron chi connectivity index (χ2n) is 9.13. The number of aliphatic carboxylic acids is 1. The van der Waals surface area contributed by atoms with Gasteiger partial charge < -0.3 is 20.1 Å². The maximum atomic E-state index is 13.0. The molecule has 12 nitrogen and oxygen atoms in total. The minimum Gasteiger partial charge on any atom is -0.487 e. The van der Waals surface area contributed by atoms with Crippen molar-refractivity contribution in [2.24, 2.45) is 0 Å². The van der Waals surface area contributed by atoms with Gasteiger partial charge in [-0.15, -0.1) is 5.10 Å². The lowest BCUT2D eigenvalue weighted by molar-refractivity contribution is -0.192. The molecule has 3 N–H and O–H groups in total. The maximum Gasteiger partial charge on any atom is 0.490 e. The summed E-state index contributed by atoms with van der Waals surface area (Å²) in [5.41, 5.74) is 3.75. The second kappa shape index (κ2) is 12.2. The molecular formula is C26H25F3N6O6. The fourth-order valence-corrected chi connectivity index (χ4v) is 4.31. The number of carbonyl (C=O) groups excluding carboxylic acids is 3. The van der Waals surface area contributed by atoms with E-state index in [1.807, 2.05) is 43.4 Å². The number of nitrogens with one attached hydrogen (secondary N) is 2. The predicted octanol–water partition coefficient (Wildman–Crippen LogP) is 1.96. The van der Waals surface area contributed by atoms with Gasteiger partial charge in [0, 0.05) is 30.6 Å². The zero-order valence-corrected chi connectivity index (χ0v) is 21.6. The molecular weight excluding hydrogens is 549 g/mol. The fourth-order valence-electron chi connectivity index (χ4n) is 4.31. The highest BCUT2D eigenvalue weighted by molar-refractivity contribution is 6.05. The topological polar surface area (TPSA) is 156 Å². The smallest absolute Gasteiger partial charge is 0.487 e. The highest BCUT2D eigenvalue weighted by Crippen LogP contribution is 2.29. The number of piperidine rings is 1. The van der Waals surface area contributed by atoms with Crippen LogP contribution in [0.2, 0.25) is 0 Å². The van der Waals surface area contributed by atoms with E-state index in [0.717, 1.165) is 16.9 Å². The number of carbonyl (C=O) groups is 4. The Morgan fingerprint density at radius 1 is 1.20 bits per heavy atom. The molecule has 3 amide bonds. The van der Waals surface area contributed by atoms with Gasteiger partial charge in [0.1, 0.15) is 24.1 Å². The van der Waals surface area contributed by atoms with E-state index in [4.69, 9.17) is 14.6 Å². The number of amides is 3. The van der Waals surface area contributed by atoms with Crippen LogP contribution in [0.15, 0.2) is 48.7 Å². The molecule has 0 radical (unpaired) electrons. The van der Waals surface area contributed by atoms with E-state index in [2.05, 4.69) is 20.9 Å². The van der Waals surface area contributed by atoms with Crippen LogP contribution in [0.5, 0.6) is 5.75 Å². The summed E-state index contributed by atoms with van der Waals surface area (Å²) in [5, 5.41) is 20.9. The monoisotopic (exact) mass is 574 g/mol. The van der Waals surface area contributed by atoms with Gasteiger partial charge in [-0.25, -0.2) is 9.48 Å². The van der Waals surface area contributed by atoms with Gasteiger partial charge >= 0.3 is 12.1 Å². The number of hydrogen-bond acceptors (Lipinski definition) is 8. The number of hydrogen-bond donors (Lipinski definition) is 3. The highest BCUT2D eigenvalue weighted by Gasteiger charge is 2.39. The zero-order chi connectivity index (χ0) is 29.7. The third kappa shape index (κ3) is 6.87. The number of imide groups is 1. The Balaban J connectivity index is 0.000000493. The molecule has 3 heterocycles. The first-order chi connectivity index (χ1) is 19.5. The van der Waals surface area contributed by atoms with E-state index in [-0.39, 0.29) is 24.8 Å². The Kier molecular flexibility index (Phi) is 8.66. The maximum absolute atomic E-state index is 13.0. The lowest BCUT2D eigenvalue weighted by Crippen LogP contribution is -2.52. The molecule has 1 unspecified atom stereocenters. The summed E-state index contributed by atoms with van der Waals surface area (Å²) in [7, 11) is 1.88. The Morgan fingerprint density at radius 3 is 2.61 bits per heavy atom. The van der Waals surface area contributed by atoms with Crippen LogP contribution in [-0.4, -0.2) is 68.0 Å². The van der Waals surface area contributed by atoms with Gasteiger partial charge in [0.15, 0.2) is 0 Å². The summed E-state index contributed by atoms with van der Waals surface area (Å²) in [4.78, 5) is 47.2. The molecule has 0 aliphatic carbocycles. The number of nitrogens with zero attached hydrogens (tertiary/aromatic N) is 4. The van der Waals surface area contributed by atoms with Crippen molar-refractivity contribution < 1.29 is 42.2 Å². The Hall–Kier alpha value is -4.79. The molecule has 1 atom stereocenters. The van der Waals surface area contributed by atoms with E-state index in [0.29, 0.717) is 36.5 Å². The number of para-hydroxylation sites is 1. The summed E-state index contributed by atoms with van der Waals surface area (Å²) in [6, 6.07) is 12.6. The minimum absolute atomic E-state index is 0.226. The van der Waals surface area contributed by atoms with Crippen LogP contribution in [-0.2, 0) is 34.1 Å². The summed E-state index contributed by atoms with van der Waals surface area (Å²) in [6.07, 6.45) is -2.76. The highest BCUT2D eigenvalue weighted by atomic mass is 19.4. The van der Waals surface area contributed by atoms with E-state index >= 15 is 0 Å². The summed E-state index contributed by atoms with van der Waals surface area (Å²) in [5.74, 6) is -2.93. The molecule has 3 aromatic rings. The fraction of sp³-hybridized carbons (Fsp3) is 0.308. The van der Waals surface area contributed by atoms with Gasteiger partial charge in [0.2, 0.25) is 11.8 Å². The number of alkyl halides is 3. The van der Waals surface area contributed by atoms with Crippen LogP contribution in [0.3, 0.4) is 0 Å². The molecule has 0 spiro atoms. The third-order valence-electron chi connectivity index (χ3n) is 6.28. The normalized spacial score (nSPS) is 16.5. The molecule has 216 valence electrons. The summed E-state index contributed by atoms with van der Waals surface area (Å²) >= 11 is 0. The van der Waals surface area contributed by atoms with Crippen molar-refractivity contribution in [1.82, 2.24) is 30.5 Å². The Labute approximate surface area is 231 Å². The molecule has 2 aromatic carbocycles. The molecule has 2 aliphatic rings. The zero-order valence-electron chi connectivity index (χ0n) is 21.6. The number of aromatic nitrogens is 3. The van der Waals surface area contributed by atoms with Gasteiger partial charge in [0.05, 0.1) is 11.9 Å². The molecule has 0 saturated carbocycles.